The first-order valence-corrected chi connectivity index (χ1v) is 7.30. The minimum atomic E-state index is -0.693. The van der Waals surface area contributed by atoms with Crippen molar-refractivity contribution in [3.05, 3.63) is 18.2 Å². The van der Waals surface area contributed by atoms with Gasteiger partial charge in [0.25, 0.3) is 0 Å². The lowest BCUT2D eigenvalue weighted by molar-refractivity contribution is 0.0376. The number of hydrogen-bond acceptors (Lipinski definition) is 4. The summed E-state index contributed by atoms with van der Waals surface area (Å²) in [7, 11) is 1.65. The smallest absolute Gasteiger partial charge is 0.166 e. The number of aromatic nitrogens is 2. The number of nitrogens with one attached hydrogen (secondary N) is 1. The van der Waals surface area contributed by atoms with E-state index in [4.69, 9.17) is 4.74 Å². The summed E-state index contributed by atoms with van der Waals surface area (Å²) >= 11 is 1.54. The van der Waals surface area contributed by atoms with E-state index in [2.05, 4.69) is 9.97 Å². The van der Waals surface area contributed by atoms with Crippen molar-refractivity contribution in [2.75, 3.05) is 12.9 Å². The Hall–Kier alpha value is -1.20. The van der Waals surface area contributed by atoms with E-state index in [-0.39, 0.29) is 5.92 Å². The average Bonchev–Trinajstić information content (AvgIpc) is 2.77. The summed E-state index contributed by atoms with van der Waals surface area (Å²) in [5.41, 5.74) is 1.17. The molecule has 2 rings (SSSR count). The van der Waals surface area contributed by atoms with Crippen molar-refractivity contribution in [2.24, 2.45) is 5.92 Å². The lowest BCUT2D eigenvalue weighted by Crippen LogP contribution is -2.33. The molecule has 0 bridgehead atoms. The molecule has 0 aliphatic heterocycles. The molecule has 104 valence electrons. The Bertz CT molecular complexity index is 564. The van der Waals surface area contributed by atoms with Gasteiger partial charge in [0.05, 0.1) is 23.7 Å². The second-order valence-electron chi connectivity index (χ2n) is 5.23. The number of aromatic amines is 1. The van der Waals surface area contributed by atoms with Gasteiger partial charge in [0.15, 0.2) is 5.16 Å². The molecular formula is C14H20N2O2S. The largest absolute Gasteiger partial charge is 0.497 e. The number of hydrogen-bond donors (Lipinski definition) is 2. The van der Waals surface area contributed by atoms with Crippen LogP contribution in [0.1, 0.15) is 20.8 Å². The lowest BCUT2D eigenvalue weighted by atomic mass is 9.95. The maximum atomic E-state index is 10.2. The van der Waals surface area contributed by atoms with Crippen molar-refractivity contribution < 1.29 is 9.84 Å². The number of fused-ring (bicyclic) bond motifs is 1. The number of thioether (sulfide) groups is 1. The monoisotopic (exact) mass is 280 g/mol. The highest BCUT2D eigenvalue weighted by Crippen LogP contribution is 2.28. The van der Waals surface area contributed by atoms with Gasteiger partial charge in [0, 0.05) is 11.8 Å². The van der Waals surface area contributed by atoms with Crippen molar-refractivity contribution in [1.82, 2.24) is 9.97 Å². The standard InChI is InChI=1S/C14H20N2O2S/c1-9(2)14(3,17)8-19-13-15-11-6-5-10(18-4)7-12(11)16-13/h5-7,9,17H,8H2,1-4H3,(H,15,16). The summed E-state index contributed by atoms with van der Waals surface area (Å²) in [6.45, 7) is 5.89. The van der Waals surface area contributed by atoms with Gasteiger partial charge in [-0.3, -0.25) is 0 Å². The number of H-pyrrole nitrogens is 1. The zero-order chi connectivity index (χ0) is 14.0. The zero-order valence-corrected chi connectivity index (χ0v) is 12.5. The number of ether oxygens (including phenoxy) is 1. The van der Waals surface area contributed by atoms with Crippen molar-refractivity contribution in [3.8, 4) is 5.75 Å². The zero-order valence-electron chi connectivity index (χ0n) is 11.7. The topological polar surface area (TPSA) is 58.1 Å². The van der Waals surface area contributed by atoms with Gasteiger partial charge < -0.3 is 14.8 Å². The number of imidazole rings is 1. The van der Waals surface area contributed by atoms with E-state index in [1.807, 2.05) is 39.0 Å². The van der Waals surface area contributed by atoms with Gasteiger partial charge in [-0.25, -0.2) is 4.98 Å². The number of nitrogens with zero attached hydrogens (tertiary/aromatic N) is 1. The predicted octanol–water partition coefficient (Wildman–Crippen LogP) is 3.07. The normalized spacial score (nSPS) is 14.8. The number of benzene rings is 1. The van der Waals surface area contributed by atoms with Crippen LogP contribution < -0.4 is 4.74 Å². The molecule has 4 nitrogen and oxygen atoms in total. The minimum absolute atomic E-state index is 0.212. The van der Waals surface area contributed by atoms with Crippen LogP contribution in [0.15, 0.2) is 23.4 Å². The van der Waals surface area contributed by atoms with Crippen LogP contribution in [0.5, 0.6) is 5.75 Å². The molecule has 0 aliphatic rings. The predicted molar refractivity (Wildman–Crippen MR) is 78.8 cm³/mol. The summed E-state index contributed by atoms with van der Waals surface area (Å²) in [5, 5.41) is 11.1. The Morgan fingerprint density at radius 2 is 2.21 bits per heavy atom. The van der Waals surface area contributed by atoms with Crippen LogP contribution in [0.3, 0.4) is 0 Å². The lowest BCUT2D eigenvalue weighted by Gasteiger charge is -2.26. The minimum Gasteiger partial charge on any atom is -0.497 e. The fourth-order valence-corrected chi connectivity index (χ4v) is 2.65. The van der Waals surface area contributed by atoms with Crippen molar-refractivity contribution in [3.63, 3.8) is 0 Å². The molecule has 1 atom stereocenters. The Kier molecular flexibility index (Phi) is 4.06. The Labute approximate surface area is 117 Å². The Morgan fingerprint density at radius 3 is 2.84 bits per heavy atom. The van der Waals surface area contributed by atoms with Gasteiger partial charge >= 0.3 is 0 Å². The van der Waals surface area contributed by atoms with Gasteiger partial charge in [-0.1, -0.05) is 25.6 Å². The van der Waals surface area contributed by atoms with Crippen LogP contribution in [0, 0.1) is 5.92 Å². The van der Waals surface area contributed by atoms with Crippen LogP contribution in [-0.2, 0) is 0 Å². The van der Waals surface area contributed by atoms with E-state index in [1.54, 1.807) is 7.11 Å². The SMILES string of the molecule is COc1ccc2nc(SCC(C)(O)C(C)C)[nH]c2c1. The molecule has 0 saturated carbocycles. The highest BCUT2D eigenvalue weighted by atomic mass is 32.2. The first-order valence-electron chi connectivity index (χ1n) is 6.31. The van der Waals surface area contributed by atoms with Crippen molar-refractivity contribution in [2.45, 2.75) is 31.5 Å². The first-order chi connectivity index (χ1) is 8.92. The molecule has 0 spiro atoms. The van der Waals surface area contributed by atoms with E-state index < -0.39 is 5.60 Å². The molecule has 1 unspecified atom stereocenters. The quantitative estimate of drug-likeness (QED) is 0.826. The van der Waals surface area contributed by atoms with E-state index in [9.17, 15) is 5.11 Å². The summed E-state index contributed by atoms with van der Waals surface area (Å²) in [5.74, 6) is 1.63. The number of rotatable bonds is 5. The molecule has 1 aromatic heterocycles. The molecule has 0 amide bonds. The third kappa shape index (κ3) is 3.22. The fraction of sp³-hybridized carbons (Fsp3) is 0.500. The van der Waals surface area contributed by atoms with Gasteiger partial charge in [-0.2, -0.15) is 0 Å². The van der Waals surface area contributed by atoms with E-state index in [0.717, 1.165) is 21.9 Å². The number of methoxy groups -OCH3 is 1. The number of aliphatic hydroxyl groups is 1. The third-order valence-electron chi connectivity index (χ3n) is 3.41. The third-order valence-corrected chi connectivity index (χ3v) is 4.61. The summed E-state index contributed by atoms with van der Waals surface area (Å²) in [6, 6.07) is 5.74. The maximum Gasteiger partial charge on any atom is 0.166 e. The molecule has 0 saturated heterocycles. The summed E-state index contributed by atoms with van der Waals surface area (Å²) in [4.78, 5) is 7.73. The summed E-state index contributed by atoms with van der Waals surface area (Å²) < 4.78 is 5.18. The molecule has 5 heteroatoms. The van der Waals surface area contributed by atoms with E-state index >= 15 is 0 Å². The van der Waals surface area contributed by atoms with Crippen LogP contribution in [0.25, 0.3) is 11.0 Å². The average molecular weight is 280 g/mol. The second-order valence-corrected chi connectivity index (χ2v) is 6.19. The van der Waals surface area contributed by atoms with Crippen LogP contribution in [0.4, 0.5) is 0 Å². The van der Waals surface area contributed by atoms with Crippen LogP contribution in [0.2, 0.25) is 0 Å². The summed E-state index contributed by atoms with van der Waals surface area (Å²) in [6.07, 6.45) is 0. The van der Waals surface area contributed by atoms with Gasteiger partial charge in [-0.05, 0) is 25.0 Å². The van der Waals surface area contributed by atoms with Gasteiger partial charge in [-0.15, -0.1) is 0 Å². The van der Waals surface area contributed by atoms with Gasteiger partial charge in [0.2, 0.25) is 0 Å². The van der Waals surface area contributed by atoms with Gasteiger partial charge in [0.1, 0.15) is 5.75 Å². The van der Waals surface area contributed by atoms with Crippen molar-refractivity contribution in [1.29, 1.82) is 0 Å². The van der Waals surface area contributed by atoms with Crippen LogP contribution >= 0.6 is 11.8 Å². The second kappa shape index (κ2) is 5.43. The molecule has 2 aromatic rings. The van der Waals surface area contributed by atoms with E-state index in [1.165, 1.54) is 11.8 Å². The molecule has 19 heavy (non-hydrogen) atoms. The molecule has 0 aliphatic carbocycles. The van der Waals surface area contributed by atoms with Crippen molar-refractivity contribution >= 4 is 22.8 Å². The highest BCUT2D eigenvalue weighted by Gasteiger charge is 2.25. The Balaban J connectivity index is 2.14. The molecule has 2 N–H and O–H groups in total. The molecular weight excluding hydrogens is 260 g/mol. The molecule has 0 radical (unpaired) electrons. The fourth-order valence-electron chi connectivity index (χ4n) is 1.54. The van der Waals surface area contributed by atoms with Crippen LogP contribution in [-0.4, -0.2) is 33.5 Å². The maximum absolute atomic E-state index is 10.2. The molecule has 1 heterocycles. The Morgan fingerprint density at radius 1 is 1.47 bits per heavy atom. The molecule has 0 fully saturated rings. The first kappa shape index (κ1) is 14.2. The molecule has 1 aromatic carbocycles. The highest BCUT2D eigenvalue weighted by molar-refractivity contribution is 7.99. The van der Waals surface area contributed by atoms with E-state index in [0.29, 0.717) is 5.75 Å².